The molecule has 0 saturated carbocycles. The Morgan fingerprint density at radius 1 is 1.70 bits per heavy atom. The Hall–Kier alpha value is -1.23. The van der Waals surface area contributed by atoms with Crippen LogP contribution in [0.1, 0.15) is 11.4 Å². The molecule has 0 aromatic carbocycles. The van der Waals surface area contributed by atoms with Crippen LogP contribution in [0.5, 0.6) is 0 Å². The van der Waals surface area contributed by atoms with Crippen LogP contribution in [0.4, 0.5) is 0 Å². The van der Waals surface area contributed by atoms with E-state index in [4.69, 9.17) is 6.42 Å². The number of imidazole rings is 1. The van der Waals surface area contributed by atoms with E-state index >= 15 is 0 Å². The van der Waals surface area contributed by atoms with Gasteiger partial charge in [0.15, 0.2) is 0 Å². The molecule has 0 fully saturated rings. The normalized spacial score (nSPS) is 9.30. The molecule has 1 aromatic heterocycles. The smallest absolute Gasteiger partial charge is 0.0959 e. The number of hydrogen-bond donors (Lipinski definition) is 0. The molecule has 0 bridgehead atoms. The monoisotopic (exact) mass is 134 g/mol. The second-order valence-electron chi connectivity index (χ2n) is 2.25. The molecule has 0 amide bonds. The van der Waals surface area contributed by atoms with Gasteiger partial charge in [0.2, 0.25) is 0 Å². The summed E-state index contributed by atoms with van der Waals surface area (Å²) < 4.78 is 1.95. The first kappa shape index (κ1) is 6.88. The summed E-state index contributed by atoms with van der Waals surface area (Å²) in [6.07, 6.45) is 6.91. The van der Waals surface area contributed by atoms with Crippen LogP contribution in [0.2, 0.25) is 0 Å². The molecule has 0 N–H and O–H groups in total. The SMILES string of the molecule is C#CCn1cnc(C)c1C. The second kappa shape index (κ2) is 2.57. The fraction of sp³-hybridized carbons (Fsp3) is 0.375. The van der Waals surface area contributed by atoms with Gasteiger partial charge in [-0.2, -0.15) is 0 Å². The van der Waals surface area contributed by atoms with Gasteiger partial charge in [0.25, 0.3) is 0 Å². The van der Waals surface area contributed by atoms with Crippen molar-refractivity contribution >= 4 is 0 Å². The molecule has 0 spiro atoms. The molecule has 0 saturated heterocycles. The maximum atomic E-state index is 5.14. The first-order chi connectivity index (χ1) is 4.75. The molecule has 2 nitrogen and oxygen atoms in total. The average Bonchev–Trinajstić information content (AvgIpc) is 2.20. The summed E-state index contributed by atoms with van der Waals surface area (Å²) in [4.78, 5) is 4.10. The molecular weight excluding hydrogens is 124 g/mol. The van der Waals surface area contributed by atoms with Crippen LogP contribution < -0.4 is 0 Å². The molecular formula is C8H10N2. The molecule has 2 heteroatoms. The van der Waals surface area contributed by atoms with Gasteiger partial charge in [-0.3, -0.25) is 0 Å². The standard InChI is InChI=1S/C8H10N2/c1-4-5-10-6-9-7(2)8(10)3/h1,6H,5H2,2-3H3. The van der Waals surface area contributed by atoms with Gasteiger partial charge in [0.1, 0.15) is 0 Å². The molecule has 1 aromatic rings. The molecule has 1 heterocycles. The summed E-state index contributed by atoms with van der Waals surface area (Å²) in [6.45, 7) is 4.61. The minimum Gasteiger partial charge on any atom is -0.323 e. The van der Waals surface area contributed by atoms with Crippen molar-refractivity contribution in [3.63, 3.8) is 0 Å². The van der Waals surface area contributed by atoms with Gasteiger partial charge in [-0.1, -0.05) is 5.92 Å². The van der Waals surface area contributed by atoms with E-state index in [9.17, 15) is 0 Å². The van der Waals surface area contributed by atoms with E-state index in [1.165, 1.54) is 0 Å². The average molecular weight is 134 g/mol. The largest absolute Gasteiger partial charge is 0.323 e. The van der Waals surface area contributed by atoms with Crippen LogP contribution in [-0.2, 0) is 6.54 Å². The lowest BCUT2D eigenvalue weighted by molar-refractivity contribution is 0.806. The van der Waals surface area contributed by atoms with Crippen molar-refractivity contribution in [1.82, 2.24) is 9.55 Å². The van der Waals surface area contributed by atoms with Gasteiger partial charge in [-0.15, -0.1) is 6.42 Å². The van der Waals surface area contributed by atoms with Crippen molar-refractivity contribution in [3.8, 4) is 12.3 Å². The lowest BCUT2D eigenvalue weighted by Gasteiger charge is -1.97. The first-order valence-electron chi connectivity index (χ1n) is 3.17. The van der Waals surface area contributed by atoms with Crippen molar-refractivity contribution < 1.29 is 0 Å². The Kier molecular flexibility index (Phi) is 1.77. The Bertz CT molecular complexity index is 265. The summed E-state index contributed by atoms with van der Waals surface area (Å²) in [6, 6.07) is 0. The summed E-state index contributed by atoms with van der Waals surface area (Å²) in [5.41, 5.74) is 2.20. The number of aromatic nitrogens is 2. The van der Waals surface area contributed by atoms with Crippen LogP contribution in [0.3, 0.4) is 0 Å². The summed E-state index contributed by atoms with van der Waals surface area (Å²) in [5.74, 6) is 2.56. The van der Waals surface area contributed by atoms with Gasteiger partial charge < -0.3 is 4.57 Å². The number of nitrogens with zero attached hydrogens (tertiary/aromatic N) is 2. The number of rotatable bonds is 1. The van der Waals surface area contributed by atoms with E-state index < -0.39 is 0 Å². The zero-order valence-electron chi connectivity index (χ0n) is 6.26. The number of terminal acetylenes is 1. The van der Waals surface area contributed by atoms with Crippen molar-refractivity contribution in [2.24, 2.45) is 0 Å². The summed E-state index contributed by atoms with van der Waals surface area (Å²) >= 11 is 0. The van der Waals surface area contributed by atoms with Crippen LogP contribution in [0, 0.1) is 26.2 Å². The molecule has 0 aliphatic carbocycles. The summed E-state index contributed by atoms with van der Waals surface area (Å²) in [5, 5.41) is 0. The second-order valence-corrected chi connectivity index (χ2v) is 2.25. The predicted octanol–water partition coefficient (Wildman–Crippen LogP) is 1.13. The minimum atomic E-state index is 0.618. The van der Waals surface area contributed by atoms with Crippen molar-refractivity contribution in [1.29, 1.82) is 0 Å². The molecule has 0 radical (unpaired) electrons. The van der Waals surface area contributed by atoms with E-state index in [-0.39, 0.29) is 0 Å². The van der Waals surface area contributed by atoms with Crippen LogP contribution in [0.15, 0.2) is 6.33 Å². The zero-order chi connectivity index (χ0) is 7.56. The maximum Gasteiger partial charge on any atom is 0.0959 e. The molecule has 0 aliphatic rings. The molecule has 0 atom stereocenters. The molecule has 0 unspecified atom stereocenters. The zero-order valence-corrected chi connectivity index (χ0v) is 6.26. The Balaban J connectivity index is 2.96. The van der Waals surface area contributed by atoms with E-state index in [1.54, 1.807) is 6.33 Å². The fourth-order valence-electron chi connectivity index (χ4n) is 0.802. The van der Waals surface area contributed by atoms with Gasteiger partial charge in [0, 0.05) is 5.69 Å². The third kappa shape index (κ3) is 1.03. The Labute approximate surface area is 60.9 Å². The van der Waals surface area contributed by atoms with Crippen molar-refractivity contribution in [2.75, 3.05) is 0 Å². The van der Waals surface area contributed by atoms with Crippen molar-refractivity contribution in [3.05, 3.63) is 17.7 Å². The molecule has 0 aliphatic heterocycles. The molecule has 52 valence electrons. The van der Waals surface area contributed by atoms with E-state index in [0.29, 0.717) is 6.54 Å². The van der Waals surface area contributed by atoms with Gasteiger partial charge >= 0.3 is 0 Å². The highest BCUT2D eigenvalue weighted by molar-refractivity contribution is 5.09. The topological polar surface area (TPSA) is 17.8 Å². The van der Waals surface area contributed by atoms with Crippen LogP contribution >= 0.6 is 0 Å². The highest BCUT2D eigenvalue weighted by Crippen LogP contribution is 2.02. The third-order valence-corrected chi connectivity index (χ3v) is 1.61. The number of aryl methyl sites for hydroxylation is 1. The minimum absolute atomic E-state index is 0.618. The lowest BCUT2D eigenvalue weighted by atomic mass is 10.4. The Morgan fingerprint density at radius 3 is 2.80 bits per heavy atom. The molecule has 10 heavy (non-hydrogen) atoms. The van der Waals surface area contributed by atoms with E-state index in [0.717, 1.165) is 11.4 Å². The highest BCUT2D eigenvalue weighted by atomic mass is 15.0. The maximum absolute atomic E-state index is 5.14. The lowest BCUT2D eigenvalue weighted by Crippen LogP contribution is -1.95. The van der Waals surface area contributed by atoms with Gasteiger partial charge in [0.05, 0.1) is 18.6 Å². The third-order valence-electron chi connectivity index (χ3n) is 1.61. The fourth-order valence-corrected chi connectivity index (χ4v) is 0.802. The van der Waals surface area contributed by atoms with Crippen molar-refractivity contribution in [2.45, 2.75) is 20.4 Å². The van der Waals surface area contributed by atoms with E-state index in [2.05, 4.69) is 10.9 Å². The van der Waals surface area contributed by atoms with Crippen LogP contribution in [0.25, 0.3) is 0 Å². The van der Waals surface area contributed by atoms with Gasteiger partial charge in [-0.25, -0.2) is 4.98 Å². The van der Waals surface area contributed by atoms with E-state index in [1.807, 2.05) is 18.4 Å². The molecule has 1 rings (SSSR count). The quantitative estimate of drug-likeness (QED) is 0.526. The summed E-state index contributed by atoms with van der Waals surface area (Å²) in [7, 11) is 0. The Morgan fingerprint density at radius 2 is 2.40 bits per heavy atom. The van der Waals surface area contributed by atoms with Gasteiger partial charge in [-0.05, 0) is 13.8 Å². The predicted molar refractivity (Wildman–Crippen MR) is 40.5 cm³/mol. The number of hydrogen-bond acceptors (Lipinski definition) is 1. The first-order valence-corrected chi connectivity index (χ1v) is 3.17. The highest BCUT2D eigenvalue weighted by Gasteiger charge is 1.97. The van der Waals surface area contributed by atoms with Crippen LogP contribution in [-0.4, -0.2) is 9.55 Å².